The molecule has 1 rings (SSSR count). The van der Waals surface area contributed by atoms with Crippen molar-refractivity contribution in [3.05, 3.63) is 11.3 Å². The number of aldehydes is 1. The zero-order valence-corrected chi connectivity index (χ0v) is 8.16. The number of carbonyl (C=O) groups is 1. The molecule has 0 aromatic carbocycles. The number of rotatable bonds is 5. The number of hydrogen-bond donors (Lipinski definition) is 0. The van der Waals surface area contributed by atoms with E-state index in [1.807, 2.05) is 0 Å². The number of ether oxygens (including phenoxy) is 1. The third-order valence-corrected chi connectivity index (χ3v) is 1.73. The Morgan fingerprint density at radius 2 is 2.06 bits per heavy atom. The van der Waals surface area contributed by atoms with Gasteiger partial charge in [-0.2, -0.15) is 5.10 Å². The number of aromatic nitrogens is 2. The monoisotopic (exact) mass is 240 g/mol. The van der Waals surface area contributed by atoms with Gasteiger partial charge in [0.15, 0.2) is 12.9 Å². The van der Waals surface area contributed by atoms with E-state index in [1.54, 1.807) is 0 Å². The molecular weight excluding hydrogens is 232 g/mol. The van der Waals surface area contributed by atoms with E-state index in [2.05, 4.69) is 9.84 Å². The molecule has 0 unspecified atom stereocenters. The predicted octanol–water partition coefficient (Wildman–Crippen LogP) is 1.81. The molecule has 0 saturated heterocycles. The first-order valence-corrected chi connectivity index (χ1v) is 4.18. The highest BCUT2D eigenvalue weighted by Crippen LogP contribution is 2.27. The maximum Gasteiger partial charge on any atom is 0.283 e. The number of hydrogen-bond acceptors (Lipinski definition) is 3. The summed E-state index contributed by atoms with van der Waals surface area (Å²) in [5.74, 6) is -0.384. The van der Waals surface area contributed by atoms with Crippen LogP contribution in [-0.4, -0.2) is 29.1 Å². The lowest BCUT2D eigenvalue weighted by Gasteiger charge is -2.05. The van der Waals surface area contributed by atoms with E-state index in [-0.39, 0.29) is 12.2 Å². The summed E-state index contributed by atoms with van der Waals surface area (Å²) in [6.07, 6.45) is -5.62. The summed E-state index contributed by atoms with van der Waals surface area (Å²) in [5.41, 5.74) is -1.28. The lowest BCUT2D eigenvalue weighted by molar-refractivity contribution is 0.0765. The van der Waals surface area contributed by atoms with E-state index >= 15 is 0 Å². The minimum Gasteiger partial charge on any atom is -0.471 e. The van der Waals surface area contributed by atoms with Crippen LogP contribution in [0.25, 0.3) is 0 Å². The van der Waals surface area contributed by atoms with Crippen molar-refractivity contribution in [1.29, 1.82) is 0 Å². The first-order chi connectivity index (χ1) is 7.47. The smallest absolute Gasteiger partial charge is 0.283 e. The van der Waals surface area contributed by atoms with E-state index in [4.69, 9.17) is 0 Å². The second-order valence-electron chi connectivity index (χ2n) is 2.85. The van der Waals surface area contributed by atoms with Gasteiger partial charge >= 0.3 is 0 Å². The molecule has 0 fully saturated rings. The zero-order valence-electron chi connectivity index (χ0n) is 8.16. The van der Waals surface area contributed by atoms with Crippen molar-refractivity contribution in [2.45, 2.75) is 12.9 Å². The van der Waals surface area contributed by atoms with Gasteiger partial charge in [-0.1, -0.05) is 0 Å². The summed E-state index contributed by atoms with van der Waals surface area (Å²) in [4.78, 5) is 10.6. The molecular formula is C8H8F4N2O2. The van der Waals surface area contributed by atoms with Crippen molar-refractivity contribution < 1.29 is 27.1 Å². The fourth-order valence-corrected chi connectivity index (χ4v) is 1.13. The van der Waals surface area contributed by atoms with Crippen LogP contribution >= 0.6 is 0 Å². The molecule has 1 aromatic heterocycles. The Labute approximate surface area is 87.8 Å². The summed E-state index contributed by atoms with van der Waals surface area (Å²) in [6.45, 7) is -0.983. The molecule has 0 radical (unpaired) electrons. The van der Waals surface area contributed by atoms with Gasteiger partial charge in [-0.15, -0.1) is 0 Å². The molecule has 90 valence electrons. The Hall–Kier alpha value is -1.60. The van der Waals surface area contributed by atoms with Crippen molar-refractivity contribution in [3.63, 3.8) is 0 Å². The summed E-state index contributed by atoms with van der Waals surface area (Å²) < 4.78 is 53.8. The SMILES string of the molecule is Cn1nc(C(F)F)c(C=O)c1OCC(F)F. The fraction of sp³-hybridized carbons (Fsp3) is 0.500. The highest BCUT2D eigenvalue weighted by Gasteiger charge is 2.24. The predicted molar refractivity (Wildman–Crippen MR) is 45.1 cm³/mol. The fourth-order valence-electron chi connectivity index (χ4n) is 1.13. The van der Waals surface area contributed by atoms with Crippen LogP contribution in [0.2, 0.25) is 0 Å². The average Bonchev–Trinajstić information content (AvgIpc) is 2.51. The summed E-state index contributed by atoms with van der Waals surface area (Å²) in [5, 5.41) is 3.32. The largest absolute Gasteiger partial charge is 0.471 e. The number of nitrogens with zero attached hydrogens (tertiary/aromatic N) is 2. The van der Waals surface area contributed by atoms with Gasteiger partial charge in [0.1, 0.15) is 11.3 Å². The Morgan fingerprint density at radius 3 is 2.50 bits per heavy atom. The van der Waals surface area contributed by atoms with Crippen LogP contribution in [0.15, 0.2) is 0 Å². The summed E-state index contributed by atoms with van der Waals surface area (Å²) in [7, 11) is 1.22. The third kappa shape index (κ3) is 2.50. The van der Waals surface area contributed by atoms with E-state index in [0.717, 1.165) is 4.68 Å². The molecule has 1 heterocycles. The second-order valence-corrected chi connectivity index (χ2v) is 2.85. The van der Waals surface area contributed by atoms with Crippen LogP contribution in [0.3, 0.4) is 0 Å². The van der Waals surface area contributed by atoms with Gasteiger partial charge < -0.3 is 4.74 Å². The molecule has 8 heteroatoms. The van der Waals surface area contributed by atoms with Crippen LogP contribution in [-0.2, 0) is 7.05 Å². The Kier molecular flexibility index (Phi) is 3.86. The van der Waals surface area contributed by atoms with Gasteiger partial charge in [-0.3, -0.25) is 4.79 Å². The van der Waals surface area contributed by atoms with Crippen molar-refractivity contribution in [2.24, 2.45) is 7.05 Å². The van der Waals surface area contributed by atoms with Crippen LogP contribution in [0.1, 0.15) is 22.5 Å². The van der Waals surface area contributed by atoms with Crippen molar-refractivity contribution in [1.82, 2.24) is 9.78 Å². The van der Waals surface area contributed by atoms with Crippen LogP contribution < -0.4 is 4.74 Å². The van der Waals surface area contributed by atoms with Crippen molar-refractivity contribution in [3.8, 4) is 5.88 Å². The van der Waals surface area contributed by atoms with Gasteiger partial charge in [0.25, 0.3) is 12.9 Å². The molecule has 1 aromatic rings. The van der Waals surface area contributed by atoms with E-state index in [9.17, 15) is 22.4 Å². The van der Waals surface area contributed by atoms with Crippen molar-refractivity contribution >= 4 is 6.29 Å². The first kappa shape index (κ1) is 12.5. The van der Waals surface area contributed by atoms with Gasteiger partial charge in [-0.05, 0) is 0 Å². The highest BCUT2D eigenvalue weighted by atomic mass is 19.3. The molecule has 0 amide bonds. The van der Waals surface area contributed by atoms with Crippen LogP contribution in [0.5, 0.6) is 5.88 Å². The molecule has 0 atom stereocenters. The first-order valence-electron chi connectivity index (χ1n) is 4.18. The molecule has 16 heavy (non-hydrogen) atoms. The van der Waals surface area contributed by atoms with E-state index < -0.39 is 30.7 Å². The molecule has 0 aliphatic carbocycles. The van der Waals surface area contributed by atoms with Gasteiger partial charge in [0, 0.05) is 7.05 Å². The summed E-state index contributed by atoms with van der Waals surface area (Å²) in [6, 6.07) is 0. The van der Waals surface area contributed by atoms with Crippen LogP contribution in [0, 0.1) is 0 Å². The third-order valence-electron chi connectivity index (χ3n) is 1.73. The average molecular weight is 240 g/mol. The lowest BCUT2D eigenvalue weighted by Crippen LogP contribution is -2.10. The number of carbonyl (C=O) groups excluding carboxylic acids is 1. The number of aryl methyl sites for hydroxylation is 1. The topological polar surface area (TPSA) is 44.1 Å². The minimum absolute atomic E-state index is 0.106. The maximum absolute atomic E-state index is 12.4. The van der Waals surface area contributed by atoms with E-state index in [1.165, 1.54) is 7.05 Å². The zero-order chi connectivity index (χ0) is 12.3. The van der Waals surface area contributed by atoms with Gasteiger partial charge in [0.2, 0.25) is 5.88 Å². The molecule has 0 bridgehead atoms. The molecule has 0 saturated carbocycles. The second kappa shape index (κ2) is 4.95. The highest BCUT2D eigenvalue weighted by molar-refractivity contribution is 5.80. The maximum atomic E-state index is 12.4. The quantitative estimate of drug-likeness (QED) is 0.582. The van der Waals surface area contributed by atoms with Crippen molar-refractivity contribution in [2.75, 3.05) is 6.61 Å². The summed E-state index contributed by atoms with van der Waals surface area (Å²) >= 11 is 0. The molecule has 0 spiro atoms. The lowest BCUT2D eigenvalue weighted by atomic mass is 10.2. The molecule has 0 N–H and O–H groups in total. The molecule has 0 aliphatic rings. The number of alkyl halides is 4. The standard InChI is InChI=1S/C8H8F4N2O2/c1-14-8(16-3-5(9)10)4(2-15)6(13-14)7(11)12/h2,5,7H,3H2,1H3. The van der Waals surface area contributed by atoms with E-state index in [0.29, 0.717) is 0 Å². The number of halogens is 4. The Morgan fingerprint density at radius 1 is 1.44 bits per heavy atom. The molecule has 4 nitrogen and oxygen atoms in total. The Balaban J connectivity index is 3.02. The molecule has 0 aliphatic heterocycles. The van der Waals surface area contributed by atoms with Crippen LogP contribution in [0.4, 0.5) is 17.6 Å². The van der Waals surface area contributed by atoms with Gasteiger partial charge in [-0.25, -0.2) is 22.2 Å². The Bertz CT molecular complexity index is 378. The van der Waals surface area contributed by atoms with Gasteiger partial charge in [0.05, 0.1) is 0 Å². The minimum atomic E-state index is -2.96. The normalized spacial score (nSPS) is 11.2.